The number of unbranched alkanes of at least 4 members (excludes halogenated alkanes) is 10. The van der Waals surface area contributed by atoms with Gasteiger partial charge in [-0.2, -0.15) is 0 Å². The van der Waals surface area contributed by atoms with Crippen LogP contribution >= 0.6 is 0 Å². The Hall–Kier alpha value is -1.63. The molecule has 0 saturated carbocycles. The lowest BCUT2D eigenvalue weighted by atomic mass is 9.78. The smallest absolute Gasteiger partial charge is 0.306 e. The van der Waals surface area contributed by atoms with Gasteiger partial charge in [-0.05, 0) is 103 Å². The van der Waals surface area contributed by atoms with E-state index in [0.29, 0.717) is 19.3 Å². The number of carbonyl (C=O) groups excluding carboxylic acids is 3. The van der Waals surface area contributed by atoms with E-state index in [1.807, 2.05) is 0 Å². The number of piperidine rings is 1. The van der Waals surface area contributed by atoms with Crippen molar-refractivity contribution in [2.45, 2.75) is 226 Å². The number of rotatable bonds is 31. The molecule has 0 spiro atoms. The van der Waals surface area contributed by atoms with E-state index in [4.69, 9.17) is 14.2 Å². The molecule has 288 valence electrons. The Morgan fingerprint density at radius 1 is 0.510 bits per heavy atom. The molecule has 1 aliphatic rings. The van der Waals surface area contributed by atoms with Crippen molar-refractivity contribution in [3.8, 4) is 0 Å². The lowest BCUT2D eigenvalue weighted by Crippen LogP contribution is -2.38. The topological polar surface area (TPSA) is 82.1 Å². The first-order valence-electron chi connectivity index (χ1n) is 20.9. The van der Waals surface area contributed by atoms with Crippen LogP contribution < -0.4 is 0 Å². The molecule has 0 N–H and O–H groups in total. The third kappa shape index (κ3) is 24.2. The zero-order chi connectivity index (χ0) is 36.2. The van der Waals surface area contributed by atoms with E-state index in [0.717, 1.165) is 167 Å². The Morgan fingerprint density at radius 2 is 0.837 bits per heavy atom. The molecule has 0 atom stereocenters. The van der Waals surface area contributed by atoms with Gasteiger partial charge in [-0.25, -0.2) is 0 Å². The average molecular weight is 694 g/mol. The zero-order valence-corrected chi connectivity index (χ0v) is 33.1. The predicted molar refractivity (Wildman–Crippen MR) is 203 cm³/mol. The maximum atomic E-state index is 13.1. The molecule has 1 aliphatic heterocycles. The first-order valence-corrected chi connectivity index (χ1v) is 20.9. The third-order valence-electron chi connectivity index (χ3n) is 10.5. The summed E-state index contributed by atoms with van der Waals surface area (Å²) in [5.74, 6) is -0.149. The van der Waals surface area contributed by atoms with E-state index in [1.165, 1.54) is 0 Å². The van der Waals surface area contributed by atoms with Crippen molar-refractivity contribution in [1.82, 2.24) is 4.90 Å². The minimum atomic E-state index is -0.0620. The van der Waals surface area contributed by atoms with Crippen LogP contribution in [0, 0.1) is 5.41 Å². The molecule has 0 aromatic rings. The Bertz CT molecular complexity index is 777. The van der Waals surface area contributed by atoms with Crippen molar-refractivity contribution in [3.63, 3.8) is 0 Å². The highest BCUT2D eigenvalue weighted by Gasteiger charge is 2.32. The van der Waals surface area contributed by atoms with E-state index in [1.54, 1.807) is 0 Å². The Kier molecular flexibility index (Phi) is 26.9. The lowest BCUT2D eigenvalue weighted by Gasteiger charge is -2.37. The molecule has 0 amide bonds. The van der Waals surface area contributed by atoms with Gasteiger partial charge in [-0.3, -0.25) is 14.4 Å². The molecule has 0 unspecified atom stereocenters. The van der Waals surface area contributed by atoms with E-state index >= 15 is 0 Å². The predicted octanol–water partition coefficient (Wildman–Crippen LogP) is 11.3. The van der Waals surface area contributed by atoms with Crippen molar-refractivity contribution in [3.05, 3.63) is 0 Å². The quantitative estimate of drug-likeness (QED) is 0.0406. The number of nitrogens with zero attached hydrogens (tertiary/aromatic N) is 1. The van der Waals surface area contributed by atoms with Gasteiger partial charge in [0.2, 0.25) is 0 Å². The molecule has 7 heteroatoms. The molecule has 49 heavy (non-hydrogen) atoms. The van der Waals surface area contributed by atoms with E-state index in [9.17, 15) is 14.4 Å². The normalized spacial score (nSPS) is 14.9. The summed E-state index contributed by atoms with van der Waals surface area (Å²) in [4.78, 5) is 40.5. The van der Waals surface area contributed by atoms with Crippen LogP contribution in [0.4, 0.5) is 0 Å². The van der Waals surface area contributed by atoms with Gasteiger partial charge >= 0.3 is 17.9 Å². The second kappa shape index (κ2) is 29.0. The maximum absolute atomic E-state index is 13.1. The fourth-order valence-electron chi connectivity index (χ4n) is 6.90. The average Bonchev–Trinajstić information content (AvgIpc) is 3.07. The van der Waals surface area contributed by atoms with Gasteiger partial charge < -0.3 is 19.1 Å². The molecule has 1 fully saturated rings. The SMILES string of the molecule is CCCCC(CCCC)OC(=O)CCCCCCC(CCCCCCC(=O)OC(CCCC)CCCC)OC(=O)CC1(C)CCN(C)CC1. The molecule has 0 aromatic heterocycles. The van der Waals surface area contributed by atoms with E-state index < -0.39 is 0 Å². The maximum Gasteiger partial charge on any atom is 0.306 e. The lowest BCUT2D eigenvalue weighted by molar-refractivity contribution is -0.153. The number of hydrogen-bond acceptors (Lipinski definition) is 7. The molecular formula is C42H79NO6. The summed E-state index contributed by atoms with van der Waals surface area (Å²) in [6.07, 6.45) is 26.0. The highest BCUT2D eigenvalue weighted by Crippen LogP contribution is 2.34. The number of hydrogen-bond donors (Lipinski definition) is 0. The number of esters is 3. The Balaban J connectivity index is 2.47. The molecule has 0 aromatic carbocycles. The summed E-state index contributed by atoms with van der Waals surface area (Å²) in [5, 5.41) is 0. The molecule has 0 bridgehead atoms. The molecule has 1 rings (SSSR count). The molecule has 1 saturated heterocycles. The zero-order valence-electron chi connectivity index (χ0n) is 33.1. The Labute approximate surface area is 302 Å². The minimum absolute atomic E-state index is 0.0233. The van der Waals surface area contributed by atoms with E-state index in [-0.39, 0.29) is 41.6 Å². The highest BCUT2D eigenvalue weighted by atomic mass is 16.6. The van der Waals surface area contributed by atoms with Crippen LogP contribution in [-0.4, -0.2) is 61.3 Å². The second-order valence-corrected chi connectivity index (χ2v) is 15.6. The summed E-state index contributed by atoms with van der Waals surface area (Å²) in [6.45, 7) is 13.0. The van der Waals surface area contributed by atoms with Crippen LogP contribution in [-0.2, 0) is 28.6 Å². The number of ether oxygens (including phenoxy) is 3. The van der Waals surface area contributed by atoms with Gasteiger partial charge in [-0.1, -0.05) is 112 Å². The van der Waals surface area contributed by atoms with Crippen LogP contribution in [0.1, 0.15) is 208 Å². The van der Waals surface area contributed by atoms with Crippen molar-refractivity contribution < 1.29 is 28.6 Å². The minimum Gasteiger partial charge on any atom is -0.462 e. The van der Waals surface area contributed by atoms with Crippen LogP contribution in [0.25, 0.3) is 0 Å². The summed E-state index contributed by atoms with van der Waals surface area (Å²) in [6, 6.07) is 0. The number of likely N-dealkylation sites (tertiary alicyclic amines) is 1. The molecule has 0 aliphatic carbocycles. The second-order valence-electron chi connectivity index (χ2n) is 15.6. The largest absolute Gasteiger partial charge is 0.462 e. The summed E-state index contributed by atoms with van der Waals surface area (Å²) < 4.78 is 17.8. The summed E-state index contributed by atoms with van der Waals surface area (Å²) in [5.41, 5.74) is 0.0233. The molecule has 7 nitrogen and oxygen atoms in total. The van der Waals surface area contributed by atoms with Crippen molar-refractivity contribution in [1.29, 1.82) is 0 Å². The van der Waals surface area contributed by atoms with Gasteiger partial charge in [-0.15, -0.1) is 0 Å². The van der Waals surface area contributed by atoms with Gasteiger partial charge in [0.05, 0.1) is 6.42 Å². The van der Waals surface area contributed by atoms with Crippen LogP contribution in [0.15, 0.2) is 0 Å². The third-order valence-corrected chi connectivity index (χ3v) is 10.5. The van der Waals surface area contributed by atoms with Gasteiger partial charge in [0.25, 0.3) is 0 Å². The molecular weight excluding hydrogens is 614 g/mol. The fourth-order valence-corrected chi connectivity index (χ4v) is 6.90. The monoisotopic (exact) mass is 694 g/mol. The first-order chi connectivity index (χ1) is 23.6. The van der Waals surface area contributed by atoms with Crippen LogP contribution in [0.3, 0.4) is 0 Å². The van der Waals surface area contributed by atoms with Gasteiger partial charge in [0, 0.05) is 12.8 Å². The summed E-state index contributed by atoms with van der Waals surface area (Å²) >= 11 is 0. The van der Waals surface area contributed by atoms with Crippen molar-refractivity contribution in [2.75, 3.05) is 20.1 Å². The van der Waals surface area contributed by atoms with Crippen LogP contribution in [0.2, 0.25) is 0 Å². The molecule has 0 radical (unpaired) electrons. The van der Waals surface area contributed by atoms with Crippen molar-refractivity contribution in [2.24, 2.45) is 5.41 Å². The van der Waals surface area contributed by atoms with Gasteiger partial charge in [0.1, 0.15) is 18.3 Å². The number of carbonyl (C=O) groups is 3. The fraction of sp³-hybridized carbons (Fsp3) is 0.929. The van der Waals surface area contributed by atoms with E-state index in [2.05, 4.69) is 46.6 Å². The standard InChI is InChI=1S/C42H79NO6/c1-7-11-23-36(24-12-8-2)47-39(44)29-21-17-15-19-27-38(49-41(46)35-42(5)31-33-43(6)34-32-42)28-20-16-18-22-30-40(45)48-37(25-13-9-3)26-14-10-4/h36-38H,7-35H2,1-6H3. The summed E-state index contributed by atoms with van der Waals surface area (Å²) in [7, 11) is 2.15. The molecule has 1 heterocycles. The highest BCUT2D eigenvalue weighted by molar-refractivity contribution is 5.70. The van der Waals surface area contributed by atoms with Gasteiger partial charge in [0.15, 0.2) is 0 Å². The first kappa shape index (κ1) is 45.4. The van der Waals surface area contributed by atoms with Crippen LogP contribution in [0.5, 0.6) is 0 Å². The Morgan fingerprint density at radius 3 is 1.20 bits per heavy atom. The van der Waals surface area contributed by atoms with Crippen molar-refractivity contribution >= 4 is 17.9 Å².